The van der Waals surface area contributed by atoms with Crippen molar-refractivity contribution < 1.29 is 23.1 Å². The third-order valence-electron chi connectivity index (χ3n) is 6.86. The summed E-state index contributed by atoms with van der Waals surface area (Å²) < 4.78 is 31.7. The van der Waals surface area contributed by atoms with Crippen molar-refractivity contribution in [2.24, 2.45) is 0 Å². The molecular weight excluding hydrogens is 430 g/mol. The quantitative estimate of drug-likeness (QED) is 0.563. The predicted octanol–water partition coefficient (Wildman–Crippen LogP) is 2.05. The van der Waals surface area contributed by atoms with Gasteiger partial charge in [0, 0.05) is 58.6 Å². The number of aliphatic carboxylic acids is 1. The van der Waals surface area contributed by atoms with Crippen LogP contribution in [0.25, 0.3) is 0 Å². The number of ether oxygens (including phenoxy) is 1. The number of carboxylic acid groups (broad SMARTS) is 1. The average molecular weight is 468 g/mol. The first-order valence-electron chi connectivity index (χ1n) is 11.6. The Balaban J connectivity index is 1.63. The molecule has 0 radical (unpaired) electrons. The molecule has 1 N–H and O–H groups in total. The molecule has 0 aliphatic carbocycles. The first-order chi connectivity index (χ1) is 15.3. The van der Waals surface area contributed by atoms with Crippen molar-refractivity contribution in [1.82, 2.24) is 9.21 Å². The third kappa shape index (κ3) is 5.27. The zero-order chi connectivity index (χ0) is 23.2. The van der Waals surface area contributed by atoms with Crippen LogP contribution >= 0.6 is 0 Å². The zero-order valence-electron chi connectivity index (χ0n) is 19.3. The number of methoxy groups -OCH3 is 1. The number of hydrogen-bond acceptors (Lipinski definition) is 6. The van der Waals surface area contributed by atoms with Crippen LogP contribution in [0.2, 0.25) is 0 Å². The fourth-order valence-electron chi connectivity index (χ4n) is 4.63. The van der Waals surface area contributed by atoms with Gasteiger partial charge in [-0.1, -0.05) is 25.5 Å². The molecule has 8 nitrogen and oxygen atoms in total. The summed E-state index contributed by atoms with van der Waals surface area (Å²) in [5.41, 5.74) is 2.40. The Morgan fingerprint density at radius 3 is 2.22 bits per heavy atom. The first kappa shape index (κ1) is 25.0. The number of anilines is 1. The van der Waals surface area contributed by atoms with Crippen molar-refractivity contribution in [1.29, 1.82) is 0 Å². The van der Waals surface area contributed by atoms with E-state index in [0.717, 1.165) is 12.1 Å². The Morgan fingerprint density at radius 1 is 1.06 bits per heavy atom. The largest absolute Gasteiger partial charge is 0.480 e. The minimum absolute atomic E-state index is 0.105. The maximum atomic E-state index is 13.5. The van der Waals surface area contributed by atoms with Gasteiger partial charge in [0.1, 0.15) is 0 Å². The lowest BCUT2D eigenvalue weighted by atomic mass is 9.96. The van der Waals surface area contributed by atoms with E-state index in [1.165, 1.54) is 22.7 Å². The Hall–Kier alpha value is -1.68. The first-order valence-corrected chi connectivity index (χ1v) is 13.1. The van der Waals surface area contributed by atoms with Crippen LogP contribution in [0.3, 0.4) is 0 Å². The molecule has 1 aromatic rings. The molecule has 0 atom stereocenters. The lowest BCUT2D eigenvalue weighted by Gasteiger charge is -2.43. The van der Waals surface area contributed by atoms with Gasteiger partial charge in [0.25, 0.3) is 0 Å². The number of aryl methyl sites for hydroxylation is 1. The molecule has 0 spiro atoms. The smallest absolute Gasteiger partial charge is 0.326 e. The van der Waals surface area contributed by atoms with E-state index in [2.05, 4.69) is 41.0 Å². The Morgan fingerprint density at radius 2 is 1.69 bits per heavy atom. The van der Waals surface area contributed by atoms with Gasteiger partial charge in [0.2, 0.25) is 10.0 Å². The summed E-state index contributed by atoms with van der Waals surface area (Å²) >= 11 is 0. The van der Waals surface area contributed by atoms with E-state index in [9.17, 15) is 18.3 Å². The van der Waals surface area contributed by atoms with Crippen molar-refractivity contribution in [3.05, 3.63) is 29.8 Å². The lowest BCUT2D eigenvalue weighted by Crippen LogP contribution is -2.61. The highest BCUT2D eigenvalue weighted by Gasteiger charge is 2.55. The third-order valence-corrected chi connectivity index (χ3v) is 9.47. The second kappa shape index (κ2) is 11.0. The number of piperidine rings is 1. The standard InChI is InChI=1S/C23H37N3O5S/c1-3-4-5-20-6-8-21(9-7-20)25-14-16-26(17-15-25)32(29,30)23(22(27)28)10-12-24(13-11-23)18-19-31-2/h6-9H,3-5,10-19H2,1-2H3,(H,27,28). The van der Waals surface area contributed by atoms with Crippen molar-refractivity contribution in [3.8, 4) is 0 Å². The Labute approximate surface area is 192 Å². The number of nitrogens with zero attached hydrogens (tertiary/aromatic N) is 3. The predicted molar refractivity (Wildman–Crippen MR) is 126 cm³/mol. The van der Waals surface area contributed by atoms with Gasteiger partial charge in [-0.3, -0.25) is 4.79 Å². The molecule has 0 amide bonds. The minimum Gasteiger partial charge on any atom is -0.480 e. The molecule has 32 heavy (non-hydrogen) atoms. The number of benzene rings is 1. The molecule has 0 unspecified atom stereocenters. The summed E-state index contributed by atoms with van der Waals surface area (Å²) in [5, 5.41) is 9.98. The second-order valence-corrected chi connectivity index (χ2v) is 11.0. The van der Waals surface area contributed by atoms with Crippen LogP contribution in [-0.4, -0.2) is 93.0 Å². The molecule has 0 aromatic heterocycles. The second-order valence-electron chi connectivity index (χ2n) is 8.80. The number of sulfonamides is 1. The van der Waals surface area contributed by atoms with Crippen molar-refractivity contribution in [3.63, 3.8) is 0 Å². The fourth-order valence-corrected chi connectivity index (χ4v) is 6.69. The van der Waals surface area contributed by atoms with Crippen LogP contribution in [0.4, 0.5) is 5.69 Å². The van der Waals surface area contributed by atoms with E-state index in [4.69, 9.17) is 4.74 Å². The molecular formula is C23H37N3O5S. The number of rotatable bonds is 10. The number of piperazine rings is 1. The molecule has 3 rings (SSSR count). The molecule has 2 heterocycles. The van der Waals surface area contributed by atoms with Crippen LogP contribution in [0.1, 0.15) is 38.2 Å². The van der Waals surface area contributed by atoms with E-state index >= 15 is 0 Å². The van der Waals surface area contributed by atoms with Gasteiger partial charge in [-0.25, -0.2) is 8.42 Å². The Bertz CT molecular complexity index is 843. The van der Waals surface area contributed by atoms with Gasteiger partial charge in [0.05, 0.1) is 6.61 Å². The normalized spacial score (nSPS) is 20.4. The maximum absolute atomic E-state index is 13.5. The van der Waals surface area contributed by atoms with E-state index < -0.39 is 20.7 Å². The highest BCUT2D eigenvalue weighted by Crippen LogP contribution is 2.34. The van der Waals surface area contributed by atoms with E-state index in [0.29, 0.717) is 52.4 Å². The molecule has 0 bridgehead atoms. The van der Waals surface area contributed by atoms with Crippen LogP contribution in [0, 0.1) is 0 Å². The van der Waals surface area contributed by atoms with E-state index in [1.807, 2.05) is 0 Å². The molecule has 2 fully saturated rings. The maximum Gasteiger partial charge on any atom is 0.326 e. The van der Waals surface area contributed by atoms with Gasteiger partial charge in [-0.15, -0.1) is 0 Å². The van der Waals surface area contributed by atoms with E-state index in [1.54, 1.807) is 7.11 Å². The van der Waals surface area contributed by atoms with Gasteiger partial charge in [-0.05, 0) is 43.4 Å². The van der Waals surface area contributed by atoms with Crippen molar-refractivity contribution in [2.75, 3.05) is 64.4 Å². The number of likely N-dealkylation sites (tertiary alicyclic amines) is 1. The van der Waals surface area contributed by atoms with Gasteiger partial charge in [0.15, 0.2) is 4.75 Å². The summed E-state index contributed by atoms with van der Waals surface area (Å²) in [5.74, 6) is -1.23. The van der Waals surface area contributed by atoms with Crippen LogP contribution in [0.15, 0.2) is 24.3 Å². The molecule has 1 aromatic carbocycles. The van der Waals surface area contributed by atoms with Gasteiger partial charge in [-0.2, -0.15) is 4.31 Å². The highest BCUT2D eigenvalue weighted by atomic mass is 32.2. The summed E-state index contributed by atoms with van der Waals surface area (Å²) in [6.07, 6.45) is 3.62. The molecule has 180 valence electrons. The minimum atomic E-state index is -3.96. The SMILES string of the molecule is CCCCc1ccc(N2CCN(S(=O)(=O)C3(C(=O)O)CCN(CCOC)CC3)CC2)cc1. The molecule has 0 saturated carbocycles. The Kier molecular flexibility index (Phi) is 8.55. The number of hydrogen-bond donors (Lipinski definition) is 1. The summed E-state index contributed by atoms with van der Waals surface area (Å²) in [6, 6.07) is 8.49. The van der Waals surface area contributed by atoms with Crippen LogP contribution < -0.4 is 4.90 Å². The highest BCUT2D eigenvalue weighted by molar-refractivity contribution is 7.91. The summed E-state index contributed by atoms with van der Waals surface area (Å²) in [6.45, 7) is 6.03. The number of unbranched alkanes of at least 4 members (excludes halogenated alkanes) is 1. The molecule has 9 heteroatoms. The van der Waals surface area contributed by atoms with Gasteiger partial charge < -0.3 is 19.6 Å². The van der Waals surface area contributed by atoms with Crippen molar-refractivity contribution in [2.45, 2.75) is 43.8 Å². The molecule has 2 saturated heterocycles. The fraction of sp³-hybridized carbons (Fsp3) is 0.696. The monoisotopic (exact) mass is 467 g/mol. The average Bonchev–Trinajstić information content (AvgIpc) is 2.82. The zero-order valence-corrected chi connectivity index (χ0v) is 20.1. The lowest BCUT2D eigenvalue weighted by molar-refractivity contribution is -0.141. The summed E-state index contributed by atoms with van der Waals surface area (Å²) in [4.78, 5) is 16.5. The van der Waals surface area contributed by atoms with Crippen LogP contribution in [-0.2, 0) is 26.0 Å². The van der Waals surface area contributed by atoms with E-state index in [-0.39, 0.29) is 12.8 Å². The number of carbonyl (C=O) groups is 1. The van der Waals surface area contributed by atoms with Gasteiger partial charge >= 0.3 is 5.97 Å². The van der Waals surface area contributed by atoms with Crippen LogP contribution in [0.5, 0.6) is 0 Å². The molecule has 2 aliphatic heterocycles. The summed E-state index contributed by atoms with van der Waals surface area (Å²) in [7, 11) is -2.34. The molecule has 2 aliphatic rings. The topological polar surface area (TPSA) is 90.4 Å². The number of carboxylic acids is 1. The van der Waals surface area contributed by atoms with Crippen molar-refractivity contribution >= 4 is 21.7 Å².